The Morgan fingerprint density at radius 3 is 1.51 bits per heavy atom. The molecule has 0 aliphatic carbocycles. The SMILES string of the molecule is c1ccc2c(-c3ccc4cc(-c5nc(-c6cc(-c7cccc8ccccc78)c7ccccc7c6)nc(-c6cc7c8ccccc8oc7c7ccccc67)n5)ccc4c3)cccc2c1. The van der Waals surface area contributed by atoms with E-state index in [4.69, 9.17) is 19.4 Å². The summed E-state index contributed by atoms with van der Waals surface area (Å²) in [6.45, 7) is 0. The number of rotatable bonds is 5. The van der Waals surface area contributed by atoms with E-state index in [1.54, 1.807) is 0 Å². The molecule has 292 valence electrons. The predicted molar refractivity (Wildman–Crippen MR) is 262 cm³/mol. The molecular formula is C59H35N3O. The van der Waals surface area contributed by atoms with Crippen molar-refractivity contribution in [2.75, 3.05) is 0 Å². The lowest BCUT2D eigenvalue weighted by molar-refractivity contribution is 0.672. The highest BCUT2D eigenvalue weighted by molar-refractivity contribution is 6.19. The number of benzene rings is 11. The van der Waals surface area contributed by atoms with Gasteiger partial charge in [0.15, 0.2) is 17.5 Å². The number of aromatic nitrogens is 3. The Kier molecular flexibility index (Phi) is 7.87. The van der Waals surface area contributed by atoms with E-state index in [9.17, 15) is 0 Å². The molecule has 2 aromatic heterocycles. The highest BCUT2D eigenvalue weighted by Gasteiger charge is 2.20. The Balaban J connectivity index is 1.04. The van der Waals surface area contributed by atoms with E-state index in [0.717, 1.165) is 71.1 Å². The first-order valence-electron chi connectivity index (χ1n) is 21.3. The van der Waals surface area contributed by atoms with E-state index in [1.807, 2.05) is 12.1 Å². The van der Waals surface area contributed by atoms with Crippen LogP contribution >= 0.6 is 0 Å². The first-order valence-corrected chi connectivity index (χ1v) is 21.3. The van der Waals surface area contributed by atoms with Crippen LogP contribution in [-0.2, 0) is 0 Å². The number of hydrogen-bond acceptors (Lipinski definition) is 4. The molecule has 4 nitrogen and oxygen atoms in total. The summed E-state index contributed by atoms with van der Waals surface area (Å²) in [6, 6.07) is 75.3. The molecule has 0 aliphatic rings. The maximum absolute atomic E-state index is 6.51. The van der Waals surface area contributed by atoms with Crippen LogP contribution < -0.4 is 0 Å². The Morgan fingerprint density at radius 2 is 0.762 bits per heavy atom. The van der Waals surface area contributed by atoms with E-state index >= 15 is 0 Å². The van der Waals surface area contributed by atoms with E-state index < -0.39 is 0 Å². The van der Waals surface area contributed by atoms with Crippen LogP contribution in [0.5, 0.6) is 0 Å². The van der Waals surface area contributed by atoms with Gasteiger partial charge in [0, 0.05) is 32.8 Å². The minimum absolute atomic E-state index is 0.602. The highest BCUT2D eigenvalue weighted by atomic mass is 16.3. The van der Waals surface area contributed by atoms with E-state index in [2.05, 4.69) is 200 Å². The molecule has 2 heterocycles. The third-order valence-electron chi connectivity index (χ3n) is 12.7. The van der Waals surface area contributed by atoms with Gasteiger partial charge in [-0.3, -0.25) is 0 Å². The second-order valence-corrected chi connectivity index (χ2v) is 16.3. The van der Waals surface area contributed by atoms with Crippen molar-refractivity contribution in [2.45, 2.75) is 0 Å². The fourth-order valence-corrected chi connectivity index (χ4v) is 9.64. The Morgan fingerprint density at radius 1 is 0.254 bits per heavy atom. The Labute approximate surface area is 362 Å². The van der Waals surface area contributed by atoms with Crippen LogP contribution in [0.15, 0.2) is 217 Å². The molecule has 0 atom stereocenters. The van der Waals surface area contributed by atoms with Gasteiger partial charge in [-0.15, -0.1) is 0 Å². The standard InChI is InChI=1S/C59H35N3O/c1-4-18-44-36(13-1)16-11-24-46(44)41-29-27-39-32-42(30-28-38(39)31-41)57-60-58(43-33-40-15-3-6-20-47(40)52(34-43)48-25-12-17-37-14-2-5-19-45(37)48)62-59(61-57)54-35-53-50-22-9-10-26-55(50)63-56(53)51-23-8-7-21-49(51)54/h1-35H. The van der Waals surface area contributed by atoms with Crippen LogP contribution in [0, 0.1) is 0 Å². The molecule has 0 amide bonds. The van der Waals surface area contributed by atoms with Crippen LogP contribution in [0.2, 0.25) is 0 Å². The fourth-order valence-electron chi connectivity index (χ4n) is 9.64. The summed E-state index contributed by atoms with van der Waals surface area (Å²) in [5.41, 5.74) is 9.17. The molecule has 0 unspecified atom stereocenters. The van der Waals surface area contributed by atoms with Gasteiger partial charge in [-0.05, 0) is 107 Å². The van der Waals surface area contributed by atoms with Crippen molar-refractivity contribution in [3.05, 3.63) is 212 Å². The van der Waals surface area contributed by atoms with Crippen molar-refractivity contribution < 1.29 is 4.42 Å². The van der Waals surface area contributed by atoms with Crippen molar-refractivity contribution >= 4 is 75.8 Å². The van der Waals surface area contributed by atoms with Crippen LogP contribution in [0.3, 0.4) is 0 Å². The lowest BCUT2D eigenvalue weighted by Gasteiger charge is -2.15. The molecule has 0 bridgehead atoms. The zero-order valence-electron chi connectivity index (χ0n) is 34.0. The maximum atomic E-state index is 6.51. The minimum atomic E-state index is 0.602. The van der Waals surface area contributed by atoms with Gasteiger partial charge in [-0.2, -0.15) is 0 Å². The molecule has 13 aromatic rings. The highest BCUT2D eigenvalue weighted by Crippen LogP contribution is 2.42. The molecule has 0 aliphatic heterocycles. The third-order valence-corrected chi connectivity index (χ3v) is 12.7. The molecule has 0 radical (unpaired) electrons. The summed E-state index contributed by atoms with van der Waals surface area (Å²) in [7, 11) is 0. The lowest BCUT2D eigenvalue weighted by Crippen LogP contribution is -2.01. The number of fused-ring (bicyclic) bond motifs is 9. The maximum Gasteiger partial charge on any atom is 0.164 e. The van der Waals surface area contributed by atoms with Crippen LogP contribution in [-0.4, -0.2) is 15.0 Å². The lowest BCUT2D eigenvalue weighted by atomic mass is 9.92. The monoisotopic (exact) mass is 801 g/mol. The topological polar surface area (TPSA) is 51.8 Å². The normalized spacial score (nSPS) is 11.8. The predicted octanol–water partition coefficient (Wildman–Crippen LogP) is 15.9. The molecule has 13 rings (SSSR count). The first kappa shape index (κ1) is 35.3. The van der Waals surface area contributed by atoms with Gasteiger partial charge >= 0.3 is 0 Å². The second kappa shape index (κ2) is 14.1. The number of para-hydroxylation sites is 1. The summed E-state index contributed by atoms with van der Waals surface area (Å²) >= 11 is 0. The zero-order chi connectivity index (χ0) is 41.4. The zero-order valence-corrected chi connectivity index (χ0v) is 34.0. The van der Waals surface area contributed by atoms with Crippen molar-refractivity contribution in [3.63, 3.8) is 0 Å². The van der Waals surface area contributed by atoms with Gasteiger partial charge in [0.05, 0.1) is 0 Å². The van der Waals surface area contributed by atoms with Crippen molar-refractivity contribution in [1.82, 2.24) is 15.0 Å². The van der Waals surface area contributed by atoms with Crippen LogP contribution in [0.25, 0.3) is 132 Å². The van der Waals surface area contributed by atoms with E-state index in [-0.39, 0.29) is 0 Å². The molecule has 0 fully saturated rings. The van der Waals surface area contributed by atoms with Gasteiger partial charge in [-0.1, -0.05) is 176 Å². The van der Waals surface area contributed by atoms with Crippen molar-refractivity contribution in [3.8, 4) is 56.4 Å². The fraction of sp³-hybridized carbons (Fsp3) is 0. The smallest absolute Gasteiger partial charge is 0.164 e. The molecule has 63 heavy (non-hydrogen) atoms. The van der Waals surface area contributed by atoms with Gasteiger partial charge in [-0.25, -0.2) is 15.0 Å². The summed E-state index contributed by atoms with van der Waals surface area (Å²) in [6.07, 6.45) is 0. The van der Waals surface area contributed by atoms with Crippen molar-refractivity contribution in [1.29, 1.82) is 0 Å². The summed E-state index contributed by atoms with van der Waals surface area (Å²) in [4.78, 5) is 16.1. The Bertz CT molecular complexity index is 3980. The quantitative estimate of drug-likeness (QED) is 0.174. The molecule has 0 saturated carbocycles. The van der Waals surface area contributed by atoms with Crippen LogP contribution in [0.1, 0.15) is 0 Å². The second-order valence-electron chi connectivity index (χ2n) is 16.3. The van der Waals surface area contributed by atoms with Gasteiger partial charge in [0.2, 0.25) is 0 Å². The van der Waals surface area contributed by atoms with Crippen LogP contribution in [0.4, 0.5) is 0 Å². The Hall–Kier alpha value is -8.47. The largest absolute Gasteiger partial charge is 0.455 e. The van der Waals surface area contributed by atoms with Crippen molar-refractivity contribution in [2.24, 2.45) is 0 Å². The first-order chi connectivity index (χ1) is 31.2. The third kappa shape index (κ3) is 5.80. The summed E-state index contributed by atoms with van der Waals surface area (Å²) in [5, 5.41) is 13.5. The molecule has 4 heteroatoms. The molecular weight excluding hydrogens is 767 g/mol. The van der Waals surface area contributed by atoms with Gasteiger partial charge < -0.3 is 4.42 Å². The minimum Gasteiger partial charge on any atom is -0.455 e. The average Bonchev–Trinajstić information content (AvgIpc) is 3.74. The number of furan rings is 1. The van der Waals surface area contributed by atoms with E-state index in [1.165, 1.54) is 43.6 Å². The number of nitrogens with zero attached hydrogens (tertiary/aromatic N) is 3. The average molecular weight is 802 g/mol. The molecule has 0 saturated heterocycles. The molecule has 0 N–H and O–H groups in total. The van der Waals surface area contributed by atoms with Gasteiger partial charge in [0.25, 0.3) is 0 Å². The van der Waals surface area contributed by atoms with E-state index in [0.29, 0.717) is 17.5 Å². The summed E-state index contributed by atoms with van der Waals surface area (Å²) < 4.78 is 6.51. The number of hydrogen-bond donors (Lipinski definition) is 0. The molecule has 11 aromatic carbocycles. The summed E-state index contributed by atoms with van der Waals surface area (Å²) in [5.74, 6) is 1.82. The van der Waals surface area contributed by atoms with Gasteiger partial charge in [0.1, 0.15) is 11.2 Å². The molecule has 0 spiro atoms.